The number of pyridine rings is 1. The van der Waals surface area contributed by atoms with Crippen molar-refractivity contribution < 1.29 is 4.74 Å². The number of rotatable bonds is 5. The maximum absolute atomic E-state index is 5.33. The molecule has 1 N–H and O–H groups in total. The molecule has 1 atom stereocenters. The van der Waals surface area contributed by atoms with E-state index in [-0.39, 0.29) is 6.04 Å². The highest BCUT2D eigenvalue weighted by atomic mass is 16.5. The van der Waals surface area contributed by atoms with E-state index in [0.717, 1.165) is 17.9 Å². The lowest BCUT2D eigenvalue weighted by Crippen LogP contribution is -2.22. The summed E-state index contributed by atoms with van der Waals surface area (Å²) < 4.78 is 5.33. The zero-order chi connectivity index (χ0) is 14.5. The lowest BCUT2D eigenvalue weighted by Gasteiger charge is -2.20. The first-order chi connectivity index (χ1) is 9.65. The van der Waals surface area contributed by atoms with Crippen LogP contribution in [0.5, 0.6) is 5.75 Å². The number of hydrogen-bond donors (Lipinski definition) is 1. The second-order valence-corrected chi connectivity index (χ2v) is 5.02. The molecule has 0 aliphatic rings. The molecule has 1 aromatic carbocycles. The largest absolute Gasteiger partial charge is 0.496 e. The van der Waals surface area contributed by atoms with Crippen LogP contribution in [0, 0.1) is 13.8 Å². The topological polar surface area (TPSA) is 34.2 Å². The standard InChI is InChI=1S/C17H22N2O/c1-5-19-17(15-8-12(2)10-18-11-15)14-6-7-16(20-4)13(3)9-14/h6-11,17,19H,5H2,1-4H3. The lowest BCUT2D eigenvalue weighted by molar-refractivity contribution is 0.411. The Morgan fingerprint density at radius 1 is 1.15 bits per heavy atom. The highest BCUT2D eigenvalue weighted by molar-refractivity contribution is 5.40. The average Bonchev–Trinajstić information content (AvgIpc) is 2.44. The van der Waals surface area contributed by atoms with Crippen molar-refractivity contribution in [3.63, 3.8) is 0 Å². The van der Waals surface area contributed by atoms with Crippen LogP contribution in [0.4, 0.5) is 0 Å². The molecule has 0 saturated heterocycles. The Morgan fingerprint density at radius 3 is 2.55 bits per heavy atom. The number of benzene rings is 1. The number of hydrogen-bond acceptors (Lipinski definition) is 3. The molecule has 0 bridgehead atoms. The minimum Gasteiger partial charge on any atom is -0.496 e. The smallest absolute Gasteiger partial charge is 0.121 e. The number of aromatic nitrogens is 1. The second-order valence-electron chi connectivity index (χ2n) is 5.02. The third-order valence-corrected chi connectivity index (χ3v) is 3.39. The number of aryl methyl sites for hydroxylation is 2. The molecule has 0 radical (unpaired) electrons. The average molecular weight is 270 g/mol. The van der Waals surface area contributed by atoms with Crippen LogP contribution >= 0.6 is 0 Å². The van der Waals surface area contributed by atoms with Gasteiger partial charge in [0.1, 0.15) is 5.75 Å². The van der Waals surface area contributed by atoms with Gasteiger partial charge >= 0.3 is 0 Å². The fraction of sp³-hybridized carbons (Fsp3) is 0.353. The van der Waals surface area contributed by atoms with Gasteiger partial charge in [0.05, 0.1) is 13.2 Å². The Labute approximate surface area is 121 Å². The van der Waals surface area contributed by atoms with E-state index >= 15 is 0 Å². The first-order valence-electron chi connectivity index (χ1n) is 6.95. The van der Waals surface area contributed by atoms with E-state index < -0.39 is 0 Å². The third-order valence-electron chi connectivity index (χ3n) is 3.39. The highest BCUT2D eigenvalue weighted by Crippen LogP contribution is 2.26. The van der Waals surface area contributed by atoms with Crippen LogP contribution in [-0.4, -0.2) is 18.6 Å². The lowest BCUT2D eigenvalue weighted by atomic mass is 9.97. The first kappa shape index (κ1) is 14.5. The molecule has 0 amide bonds. The summed E-state index contributed by atoms with van der Waals surface area (Å²) >= 11 is 0. The molecule has 0 spiro atoms. The molecule has 2 aromatic rings. The Balaban J connectivity index is 2.40. The van der Waals surface area contributed by atoms with Crippen molar-refractivity contribution in [3.8, 4) is 5.75 Å². The van der Waals surface area contributed by atoms with Crippen LogP contribution in [0.15, 0.2) is 36.7 Å². The van der Waals surface area contributed by atoms with Crippen LogP contribution < -0.4 is 10.1 Å². The van der Waals surface area contributed by atoms with E-state index in [9.17, 15) is 0 Å². The van der Waals surface area contributed by atoms with E-state index in [2.05, 4.69) is 49.3 Å². The molecule has 3 nitrogen and oxygen atoms in total. The maximum atomic E-state index is 5.33. The SMILES string of the molecule is CCNC(c1cncc(C)c1)c1ccc(OC)c(C)c1. The Bertz CT molecular complexity index is 581. The van der Waals surface area contributed by atoms with E-state index in [1.54, 1.807) is 7.11 Å². The van der Waals surface area contributed by atoms with Gasteiger partial charge in [-0.2, -0.15) is 0 Å². The molecule has 2 rings (SSSR count). The van der Waals surface area contributed by atoms with Gasteiger partial charge in [-0.3, -0.25) is 4.98 Å². The summed E-state index contributed by atoms with van der Waals surface area (Å²) in [6.45, 7) is 7.16. The van der Waals surface area contributed by atoms with Gasteiger partial charge in [-0.25, -0.2) is 0 Å². The second kappa shape index (κ2) is 6.53. The van der Waals surface area contributed by atoms with Gasteiger partial charge in [-0.05, 0) is 48.7 Å². The van der Waals surface area contributed by atoms with Crippen LogP contribution in [0.25, 0.3) is 0 Å². The normalized spacial score (nSPS) is 12.2. The van der Waals surface area contributed by atoms with E-state index in [1.165, 1.54) is 16.7 Å². The number of nitrogens with zero attached hydrogens (tertiary/aromatic N) is 1. The minimum absolute atomic E-state index is 0.164. The molecule has 0 aliphatic heterocycles. The summed E-state index contributed by atoms with van der Waals surface area (Å²) in [5.74, 6) is 0.923. The number of nitrogens with one attached hydrogen (secondary N) is 1. The fourth-order valence-corrected chi connectivity index (χ4v) is 2.45. The van der Waals surface area contributed by atoms with Gasteiger partial charge in [0.25, 0.3) is 0 Å². The minimum atomic E-state index is 0.164. The van der Waals surface area contributed by atoms with Crippen molar-refractivity contribution in [2.75, 3.05) is 13.7 Å². The number of methoxy groups -OCH3 is 1. The van der Waals surface area contributed by atoms with E-state index in [1.807, 2.05) is 18.5 Å². The zero-order valence-corrected chi connectivity index (χ0v) is 12.6. The van der Waals surface area contributed by atoms with Crippen molar-refractivity contribution in [1.82, 2.24) is 10.3 Å². The summed E-state index contributed by atoms with van der Waals surface area (Å²) in [5.41, 5.74) is 4.75. The molecule has 0 saturated carbocycles. The van der Waals surface area contributed by atoms with Crippen molar-refractivity contribution in [2.24, 2.45) is 0 Å². The Morgan fingerprint density at radius 2 is 1.95 bits per heavy atom. The van der Waals surface area contributed by atoms with Crippen molar-refractivity contribution in [1.29, 1.82) is 0 Å². The summed E-state index contributed by atoms with van der Waals surface area (Å²) in [6, 6.07) is 8.66. The monoisotopic (exact) mass is 270 g/mol. The van der Waals surface area contributed by atoms with Crippen molar-refractivity contribution >= 4 is 0 Å². The summed E-state index contributed by atoms with van der Waals surface area (Å²) in [6.07, 6.45) is 3.81. The molecule has 3 heteroatoms. The Kier molecular flexibility index (Phi) is 4.74. The van der Waals surface area contributed by atoms with Gasteiger partial charge < -0.3 is 10.1 Å². The molecule has 106 valence electrons. The fourth-order valence-electron chi connectivity index (χ4n) is 2.45. The quantitative estimate of drug-likeness (QED) is 0.904. The predicted octanol–water partition coefficient (Wildman–Crippen LogP) is 3.41. The molecular formula is C17H22N2O. The van der Waals surface area contributed by atoms with Gasteiger partial charge in [0, 0.05) is 12.4 Å². The predicted molar refractivity (Wildman–Crippen MR) is 82.2 cm³/mol. The molecule has 0 aliphatic carbocycles. The molecular weight excluding hydrogens is 248 g/mol. The van der Waals surface area contributed by atoms with Crippen LogP contribution in [0.3, 0.4) is 0 Å². The molecule has 1 heterocycles. The van der Waals surface area contributed by atoms with E-state index in [0.29, 0.717) is 0 Å². The summed E-state index contributed by atoms with van der Waals surface area (Å²) in [5, 5.41) is 3.53. The zero-order valence-electron chi connectivity index (χ0n) is 12.6. The van der Waals surface area contributed by atoms with Crippen molar-refractivity contribution in [2.45, 2.75) is 26.8 Å². The van der Waals surface area contributed by atoms with Gasteiger partial charge in [0.15, 0.2) is 0 Å². The molecule has 1 unspecified atom stereocenters. The highest BCUT2D eigenvalue weighted by Gasteiger charge is 2.14. The number of ether oxygens (including phenoxy) is 1. The molecule has 20 heavy (non-hydrogen) atoms. The Hall–Kier alpha value is -1.87. The molecule has 1 aromatic heterocycles. The molecule has 0 fully saturated rings. The van der Waals surface area contributed by atoms with Gasteiger partial charge in [-0.15, -0.1) is 0 Å². The van der Waals surface area contributed by atoms with Crippen LogP contribution in [-0.2, 0) is 0 Å². The maximum Gasteiger partial charge on any atom is 0.121 e. The summed E-state index contributed by atoms with van der Waals surface area (Å²) in [4.78, 5) is 4.30. The summed E-state index contributed by atoms with van der Waals surface area (Å²) in [7, 11) is 1.70. The van der Waals surface area contributed by atoms with Gasteiger partial charge in [-0.1, -0.05) is 25.1 Å². The van der Waals surface area contributed by atoms with Gasteiger partial charge in [0.2, 0.25) is 0 Å². The third kappa shape index (κ3) is 3.17. The van der Waals surface area contributed by atoms with Crippen LogP contribution in [0.2, 0.25) is 0 Å². The van der Waals surface area contributed by atoms with Crippen molar-refractivity contribution in [3.05, 3.63) is 58.9 Å². The van der Waals surface area contributed by atoms with Crippen LogP contribution in [0.1, 0.15) is 35.2 Å². The first-order valence-corrected chi connectivity index (χ1v) is 6.95. The van der Waals surface area contributed by atoms with E-state index in [4.69, 9.17) is 4.74 Å².